The van der Waals surface area contributed by atoms with Crippen LogP contribution in [0, 0.1) is 13.8 Å². The Morgan fingerprint density at radius 3 is 2.68 bits per heavy atom. The van der Waals surface area contributed by atoms with Crippen molar-refractivity contribution in [1.29, 1.82) is 0 Å². The van der Waals surface area contributed by atoms with E-state index in [0.29, 0.717) is 12.2 Å². The first-order chi connectivity index (χ1) is 10.6. The highest BCUT2D eigenvalue weighted by atomic mass is 16.1. The van der Waals surface area contributed by atoms with E-state index in [-0.39, 0.29) is 5.91 Å². The molecule has 22 heavy (non-hydrogen) atoms. The minimum absolute atomic E-state index is 0.187. The van der Waals surface area contributed by atoms with Gasteiger partial charge >= 0.3 is 0 Å². The van der Waals surface area contributed by atoms with Crippen LogP contribution >= 0.6 is 0 Å². The number of nitrogens with zero attached hydrogens (tertiary/aromatic N) is 3. The predicted octanol–water partition coefficient (Wildman–Crippen LogP) is 2.35. The molecule has 0 saturated heterocycles. The molecule has 0 fully saturated rings. The monoisotopic (exact) mass is 298 g/mol. The van der Waals surface area contributed by atoms with Crippen molar-refractivity contribution in [3.8, 4) is 0 Å². The van der Waals surface area contributed by atoms with Gasteiger partial charge in [0.25, 0.3) is 5.91 Å². The fourth-order valence-electron chi connectivity index (χ4n) is 2.20. The first kappa shape index (κ1) is 15.9. The van der Waals surface area contributed by atoms with Gasteiger partial charge in [0.15, 0.2) is 0 Å². The van der Waals surface area contributed by atoms with Crippen molar-refractivity contribution < 1.29 is 4.79 Å². The molecule has 0 radical (unpaired) electrons. The summed E-state index contributed by atoms with van der Waals surface area (Å²) in [7, 11) is 0. The molecule has 0 bridgehead atoms. The maximum absolute atomic E-state index is 12.0. The van der Waals surface area contributed by atoms with E-state index in [1.54, 1.807) is 6.20 Å². The minimum atomic E-state index is -0.187. The van der Waals surface area contributed by atoms with E-state index in [2.05, 4.69) is 52.2 Å². The molecule has 116 valence electrons. The lowest BCUT2D eigenvalue weighted by Crippen LogP contribution is -2.35. The number of carbonyl (C=O) groups excluding carboxylic acids is 1. The van der Waals surface area contributed by atoms with Crippen LogP contribution in [0.1, 0.15) is 28.7 Å². The summed E-state index contributed by atoms with van der Waals surface area (Å²) in [6, 6.07) is 8.36. The van der Waals surface area contributed by atoms with Crippen molar-refractivity contribution in [3.05, 3.63) is 53.6 Å². The largest absolute Gasteiger partial charge is 0.370 e. The summed E-state index contributed by atoms with van der Waals surface area (Å²) in [5, 5.41) is 2.88. The number of amides is 1. The highest BCUT2D eigenvalue weighted by Crippen LogP contribution is 2.14. The number of hydrogen-bond donors (Lipinski definition) is 1. The molecule has 1 amide bonds. The molecule has 0 saturated carbocycles. The maximum atomic E-state index is 12.0. The Morgan fingerprint density at radius 1 is 1.23 bits per heavy atom. The number of benzene rings is 1. The number of nitrogens with one attached hydrogen (secondary N) is 1. The van der Waals surface area contributed by atoms with Crippen LogP contribution in [0.25, 0.3) is 0 Å². The van der Waals surface area contributed by atoms with E-state index in [1.165, 1.54) is 17.4 Å². The molecule has 0 aliphatic rings. The smallest absolute Gasteiger partial charge is 0.271 e. The zero-order valence-electron chi connectivity index (χ0n) is 13.3. The first-order valence-corrected chi connectivity index (χ1v) is 7.48. The molecule has 5 heteroatoms. The van der Waals surface area contributed by atoms with Crippen LogP contribution in [-0.2, 0) is 0 Å². The molecule has 2 aromatic rings. The van der Waals surface area contributed by atoms with E-state index in [9.17, 15) is 4.79 Å². The van der Waals surface area contributed by atoms with Crippen LogP contribution in [0.5, 0.6) is 0 Å². The molecule has 0 aliphatic carbocycles. The lowest BCUT2D eigenvalue weighted by atomic mass is 10.2. The second-order valence-electron chi connectivity index (χ2n) is 5.22. The molecule has 5 nitrogen and oxygen atoms in total. The highest BCUT2D eigenvalue weighted by Gasteiger charge is 2.08. The summed E-state index contributed by atoms with van der Waals surface area (Å²) < 4.78 is 0. The molecule has 0 unspecified atom stereocenters. The second-order valence-corrected chi connectivity index (χ2v) is 5.22. The fourth-order valence-corrected chi connectivity index (χ4v) is 2.20. The van der Waals surface area contributed by atoms with Gasteiger partial charge in [-0.3, -0.25) is 9.78 Å². The van der Waals surface area contributed by atoms with Crippen LogP contribution in [-0.4, -0.2) is 35.5 Å². The lowest BCUT2D eigenvalue weighted by Gasteiger charge is -2.23. The summed E-state index contributed by atoms with van der Waals surface area (Å²) in [5.74, 6) is -0.187. The van der Waals surface area contributed by atoms with E-state index >= 15 is 0 Å². The number of aromatic nitrogens is 2. The molecular formula is C17H22N4O. The summed E-state index contributed by atoms with van der Waals surface area (Å²) in [6.45, 7) is 8.24. The van der Waals surface area contributed by atoms with Gasteiger partial charge in [-0.2, -0.15) is 0 Å². The van der Waals surface area contributed by atoms with Crippen LogP contribution in [0.3, 0.4) is 0 Å². The topological polar surface area (TPSA) is 58.1 Å². The van der Waals surface area contributed by atoms with Gasteiger partial charge < -0.3 is 10.2 Å². The number of carbonyl (C=O) groups is 1. The Balaban J connectivity index is 1.88. The van der Waals surface area contributed by atoms with Crippen molar-refractivity contribution in [3.63, 3.8) is 0 Å². The summed E-state index contributed by atoms with van der Waals surface area (Å²) in [4.78, 5) is 22.4. The van der Waals surface area contributed by atoms with Gasteiger partial charge in [-0.25, -0.2) is 4.98 Å². The van der Waals surface area contributed by atoms with Crippen molar-refractivity contribution in [2.24, 2.45) is 0 Å². The third-order valence-corrected chi connectivity index (χ3v) is 3.43. The molecule has 0 aliphatic heterocycles. The molecule has 2 rings (SSSR count). The van der Waals surface area contributed by atoms with E-state index < -0.39 is 0 Å². The van der Waals surface area contributed by atoms with Gasteiger partial charge in [0.1, 0.15) is 5.69 Å². The SMILES string of the molecule is CCN(CCNC(=O)c1cnc(C)cn1)c1cccc(C)c1. The van der Waals surface area contributed by atoms with Crippen molar-refractivity contribution in [1.82, 2.24) is 15.3 Å². The molecule has 0 spiro atoms. The maximum Gasteiger partial charge on any atom is 0.271 e. The van der Waals surface area contributed by atoms with Crippen molar-refractivity contribution in [2.75, 3.05) is 24.5 Å². The van der Waals surface area contributed by atoms with Gasteiger partial charge in [0, 0.05) is 31.5 Å². The van der Waals surface area contributed by atoms with Crippen molar-refractivity contribution >= 4 is 11.6 Å². The van der Waals surface area contributed by atoms with Crippen molar-refractivity contribution in [2.45, 2.75) is 20.8 Å². The summed E-state index contributed by atoms with van der Waals surface area (Å²) in [6.07, 6.45) is 3.10. The minimum Gasteiger partial charge on any atom is -0.370 e. The summed E-state index contributed by atoms with van der Waals surface area (Å²) in [5.41, 5.74) is 3.55. The standard InChI is InChI=1S/C17H22N4O/c1-4-21(15-7-5-6-13(2)10-15)9-8-18-17(22)16-12-19-14(3)11-20-16/h5-7,10-12H,4,8-9H2,1-3H3,(H,18,22). The molecule has 1 N–H and O–H groups in total. The second kappa shape index (κ2) is 7.54. The Kier molecular flexibility index (Phi) is 5.47. The molecule has 1 aromatic carbocycles. The number of rotatable bonds is 6. The summed E-state index contributed by atoms with van der Waals surface area (Å²) >= 11 is 0. The predicted molar refractivity (Wildman–Crippen MR) is 88.2 cm³/mol. The van der Waals surface area contributed by atoms with Crippen LogP contribution in [0.15, 0.2) is 36.7 Å². The zero-order valence-corrected chi connectivity index (χ0v) is 13.3. The molecule has 0 atom stereocenters. The van der Waals surface area contributed by atoms with Crippen LogP contribution in [0.4, 0.5) is 5.69 Å². The van der Waals surface area contributed by atoms with E-state index in [4.69, 9.17) is 0 Å². The van der Waals surface area contributed by atoms with Gasteiger partial charge in [-0.15, -0.1) is 0 Å². The van der Waals surface area contributed by atoms with Crippen LogP contribution in [0.2, 0.25) is 0 Å². The third kappa shape index (κ3) is 4.28. The van der Waals surface area contributed by atoms with Gasteiger partial charge in [0.2, 0.25) is 0 Å². The average Bonchev–Trinajstić information content (AvgIpc) is 2.52. The Bertz CT molecular complexity index is 625. The number of likely N-dealkylation sites (N-methyl/N-ethyl adjacent to an activating group) is 1. The Hall–Kier alpha value is -2.43. The molecular weight excluding hydrogens is 276 g/mol. The third-order valence-electron chi connectivity index (χ3n) is 3.43. The number of anilines is 1. The van der Waals surface area contributed by atoms with Gasteiger partial charge in [-0.05, 0) is 38.5 Å². The first-order valence-electron chi connectivity index (χ1n) is 7.48. The normalized spacial score (nSPS) is 10.3. The average molecular weight is 298 g/mol. The Morgan fingerprint density at radius 2 is 2.05 bits per heavy atom. The lowest BCUT2D eigenvalue weighted by molar-refractivity contribution is 0.0949. The number of aryl methyl sites for hydroxylation is 2. The highest BCUT2D eigenvalue weighted by molar-refractivity contribution is 5.91. The quantitative estimate of drug-likeness (QED) is 0.889. The van der Waals surface area contributed by atoms with Gasteiger partial charge in [0.05, 0.1) is 11.9 Å². The zero-order chi connectivity index (χ0) is 15.9. The van der Waals surface area contributed by atoms with E-state index in [1.807, 2.05) is 13.0 Å². The fraction of sp³-hybridized carbons (Fsp3) is 0.353. The molecule has 1 heterocycles. The molecule has 1 aromatic heterocycles. The van der Waals surface area contributed by atoms with E-state index in [0.717, 1.165) is 18.8 Å². The Labute approximate surface area is 131 Å². The van der Waals surface area contributed by atoms with Gasteiger partial charge in [-0.1, -0.05) is 12.1 Å². The number of hydrogen-bond acceptors (Lipinski definition) is 4. The van der Waals surface area contributed by atoms with Crippen LogP contribution < -0.4 is 10.2 Å².